The second kappa shape index (κ2) is 10.8. The number of ether oxygens (including phenoxy) is 1. The van der Waals surface area contributed by atoms with Crippen molar-refractivity contribution >= 4 is 22.7 Å². The number of alkyl halides is 3. The van der Waals surface area contributed by atoms with Crippen LogP contribution in [0.2, 0.25) is 0 Å². The highest BCUT2D eigenvalue weighted by Crippen LogP contribution is 2.31. The summed E-state index contributed by atoms with van der Waals surface area (Å²) < 4.78 is 45.1. The fourth-order valence-electron chi connectivity index (χ4n) is 5.25. The van der Waals surface area contributed by atoms with Gasteiger partial charge in [0.05, 0.1) is 34.1 Å². The quantitative estimate of drug-likeness (QED) is 0.446. The zero-order valence-corrected chi connectivity index (χ0v) is 21.3. The summed E-state index contributed by atoms with van der Waals surface area (Å²) in [6.45, 7) is 3.79. The van der Waals surface area contributed by atoms with Crippen LogP contribution in [0.3, 0.4) is 0 Å². The van der Waals surface area contributed by atoms with Gasteiger partial charge in [-0.25, -0.2) is 19.9 Å². The van der Waals surface area contributed by atoms with Crippen molar-refractivity contribution in [2.45, 2.75) is 76.6 Å². The van der Waals surface area contributed by atoms with Gasteiger partial charge in [0.2, 0.25) is 0 Å². The Balaban J connectivity index is 1.36. The topological polar surface area (TPSA) is 76.1 Å². The number of halogens is 3. The van der Waals surface area contributed by atoms with Crippen molar-refractivity contribution < 1.29 is 17.9 Å². The van der Waals surface area contributed by atoms with Crippen molar-refractivity contribution in [3.63, 3.8) is 0 Å². The molecule has 1 aliphatic carbocycles. The molecule has 0 spiro atoms. The predicted molar refractivity (Wildman–Crippen MR) is 137 cm³/mol. The summed E-state index contributed by atoms with van der Waals surface area (Å²) in [6.07, 6.45) is 3.34. The lowest BCUT2D eigenvalue weighted by Gasteiger charge is -2.29. The van der Waals surface area contributed by atoms with Crippen LogP contribution in [0.15, 0.2) is 24.3 Å². The number of aromatic nitrogens is 4. The molecule has 0 unspecified atom stereocenters. The number of rotatable bonds is 7. The SMILES string of the molecule is CO[C@H]1CC[C@H](Nc2cc(N3CCCC3)nc(CCc3nc4cc(C(F)(F)F)ccc4nc3C)n2)CC1. The number of hydrogen-bond donors (Lipinski definition) is 1. The highest BCUT2D eigenvalue weighted by molar-refractivity contribution is 5.75. The second-order valence-corrected chi connectivity index (χ2v) is 10.0. The first-order valence-corrected chi connectivity index (χ1v) is 13.0. The largest absolute Gasteiger partial charge is 0.416 e. The Bertz CT molecular complexity index is 1240. The first-order valence-electron chi connectivity index (χ1n) is 13.0. The fraction of sp³-hybridized carbons (Fsp3) is 0.556. The van der Waals surface area contributed by atoms with Gasteiger partial charge < -0.3 is 15.0 Å². The Labute approximate surface area is 214 Å². The standard InChI is InChI=1S/C27H33F3N6O/c1-17-21(33-23-15-18(27(28,29)30)5-10-22(23)31-17)11-12-24-34-25(16-26(35-24)36-13-3-4-14-36)32-19-6-8-20(37-2)9-7-19/h5,10,15-16,19-20H,3-4,6-9,11-14H2,1-2H3,(H,32,34,35)/t19-,20-. The lowest BCUT2D eigenvalue weighted by atomic mass is 9.93. The molecule has 0 amide bonds. The number of anilines is 2. The van der Waals surface area contributed by atoms with E-state index in [0.29, 0.717) is 47.7 Å². The maximum atomic E-state index is 13.2. The summed E-state index contributed by atoms with van der Waals surface area (Å²) in [5.74, 6) is 2.44. The van der Waals surface area contributed by atoms with Gasteiger partial charge in [-0.2, -0.15) is 13.2 Å². The van der Waals surface area contributed by atoms with E-state index >= 15 is 0 Å². The summed E-state index contributed by atoms with van der Waals surface area (Å²) >= 11 is 0. The van der Waals surface area contributed by atoms with Gasteiger partial charge in [0.1, 0.15) is 17.5 Å². The van der Waals surface area contributed by atoms with Crippen LogP contribution in [-0.2, 0) is 23.8 Å². The van der Waals surface area contributed by atoms with Crippen molar-refractivity contribution in [1.82, 2.24) is 19.9 Å². The molecule has 2 aliphatic rings. The Morgan fingerprint density at radius 3 is 2.41 bits per heavy atom. The normalized spacial score (nSPS) is 20.5. The molecule has 0 atom stereocenters. The van der Waals surface area contributed by atoms with Crippen molar-refractivity contribution in [2.75, 3.05) is 30.4 Å². The van der Waals surface area contributed by atoms with Crippen LogP contribution in [0, 0.1) is 6.92 Å². The van der Waals surface area contributed by atoms with Crippen LogP contribution < -0.4 is 10.2 Å². The minimum atomic E-state index is -4.42. The summed E-state index contributed by atoms with van der Waals surface area (Å²) in [5, 5.41) is 3.62. The number of fused-ring (bicyclic) bond motifs is 1. The van der Waals surface area contributed by atoms with E-state index in [9.17, 15) is 13.2 Å². The van der Waals surface area contributed by atoms with Gasteiger partial charge in [-0.05, 0) is 70.1 Å². The third-order valence-electron chi connectivity index (χ3n) is 7.40. The van der Waals surface area contributed by atoms with Gasteiger partial charge in [-0.1, -0.05) is 0 Å². The molecule has 0 bridgehead atoms. The van der Waals surface area contributed by atoms with Crippen LogP contribution in [0.1, 0.15) is 61.3 Å². The lowest BCUT2D eigenvalue weighted by molar-refractivity contribution is -0.137. The third-order valence-corrected chi connectivity index (χ3v) is 7.40. The number of aryl methyl sites for hydroxylation is 3. The van der Waals surface area contributed by atoms with Crippen LogP contribution in [0.4, 0.5) is 24.8 Å². The first-order chi connectivity index (χ1) is 17.8. The van der Waals surface area contributed by atoms with Crippen molar-refractivity contribution in [2.24, 2.45) is 0 Å². The monoisotopic (exact) mass is 514 g/mol. The first kappa shape index (κ1) is 25.6. The second-order valence-electron chi connectivity index (χ2n) is 10.0. The molecule has 1 aromatic carbocycles. The number of methoxy groups -OCH3 is 1. The maximum Gasteiger partial charge on any atom is 0.416 e. The average molecular weight is 515 g/mol. The molecule has 3 aromatic rings. The Hall–Kier alpha value is -3.01. The van der Waals surface area contributed by atoms with E-state index in [0.717, 1.165) is 75.4 Å². The van der Waals surface area contributed by atoms with E-state index in [1.807, 2.05) is 13.0 Å². The van der Waals surface area contributed by atoms with Crippen LogP contribution in [0.5, 0.6) is 0 Å². The van der Waals surface area contributed by atoms with Crippen molar-refractivity contribution in [1.29, 1.82) is 0 Å². The molecule has 37 heavy (non-hydrogen) atoms. The van der Waals surface area contributed by atoms with Gasteiger partial charge in [0.15, 0.2) is 0 Å². The molecule has 0 radical (unpaired) electrons. The minimum absolute atomic E-state index is 0.246. The Kier molecular flexibility index (Phi) is 7.46. The van der Waals surface area contributed by atoms with E-state index in [4.69, 9.17) is 14.7 Å². The summed E-state index contributed by atoms with van der Waals surface area (Å²) in [4.78, 5) is 21.0. The van der Waals surface area contributed by atoms with Gasteiger partial charge in [0.25, 0.3) is 0 Å². The molecule has 1 saturated heterocycles. The van der Waals surface area contributed by atoms with Gasteiger partial charge in [-0.15, -0.1) is 0 Å². The number of nitrogens with zero attached hydrogens (tertiary/aromatic N) is 5. The molecule has 7 nitrogen and oxygen atoms in total. The molecule has 198 valence electrons. The molecule has 5 rings (SSSR count). The van der Waals surface area contributed by atoms with E-state index in [-0.39, 0.29) is 5.52 Å². The summed E-state index contributed by atoms with van der Waals surface area (Å²) in [5.41, 5.74) is 1.35. The molecular formula is C27H33F3N6O. The molecular weight excluding hydrogens is 481 g/mol. The van der Waals surface area contributed by atoms with E-state index in [1.54, 1.807) is 7.11 Å². The zero-order chi connectivity index (χ0) is 26.0. The van der Waals surface area contributed by atoms with Crippen molar-refractivity contribution in [3.8, 4) is 0 Å². The van der Waals surface area contributed by atoms with E-state index in [2.05, 4.69) is 20.2 Å². The highest BCUT2D eigenvalue weighted by atomic mass is 19.4. The minimum Gasteiger partial charge on any atom is -0.381 e. The zero-order valence-electron chi connectivity index (χ0n) is 21.3. The van der Waals surface area contributed by atoms with E-state index < -0.39 is 11.7 Å². The molecule has 1 saturated carbocycles. The number of hydrogen-bond acceptors (Lipinski definition) is 7. The molecule has 2 aromatic heterocycles. The van der Waals surface area contributed by atoms with Crippen LogP contribution in [-0.4, -0.2) is 52.3 Å². The molecule has 1 aliphatic heterocycles. The molecule has 2 fully saturated rings. The molecule has 10 heteroatoms. The van der Waals surface area contributed by atoms with Crippen molar-refractivity contribution in [3.05, 3.63) is 47.0 Å². The molecule has 3 heterocycles. The average Bonchev–Trinajstić information content (AvgIpc) is 3.42. The smallest absolute Gasteiger partial charge is 0.381 e. The lowest BCUT2D eigenvalue weighted by Crippen LogP contribution is -2.30. The van der Waals surface area contributed by atoms with Gasteiger partial charge in [0, 0.05) is 38.7 Å². The van der Waals surface area contributed by atoms with E-state index in [1.165, 1.54) is 6.07 Å². The summed E-state index contributed by atoms with van der Waals surface area (Å²) in [7, 11) is 1.77. The van der Waals surface area contributed by atoms with Gasteiger partial charge in [-0.3, -0.25) is 0 Å². The Morgan fingerprint density at radius 1 is 0.946 bits per heavy atom. The third kappa shape index (κ3) is 6.11. The predicted octanol–water partition coefficient (Wildman–Crippen LogP) is 5.50. The maximum absolute atomic E-state index is 13.2. The summed E-state index contributed by atoms with van der Waals surface area (Å²) in [6, 6.07) is 5.87. The van der Waals surface area contributed by atoms with Gasteiger partial charge >= 0.3 is 6.18 Å². The molecule has 1 N–H and O–H groups in total. The number of benzene rings is 1. The fourth-order valence-corrected chi connectivity index (χ4v) is 5.25. The Morgan fingerprint density at radius 2 is 1.70 bits per heavy atom. The number of nitrogens with one attached hydrogen (secondary N) is 1. The van der Waals surface area contributed by atoms with Crippen LogP contribution >= 0.6 is 0 Å². The van der Waals surface area contributed by atoms with Crippen LogP contribution in [0.25, 0.3) is 11.0 Å². The highest BCUT2D eigenvalue weighted by Gasteiger charge is 2.31.